The average Bonchev–Trinajstić information content (AvgIpc) is 3.26. The van der Waals surface area contributed by atoms with Crippen molar-refractivity contribution >= 4 is 38.8 Å². The van der Waals surface area contributed by atoms with Crippen molar-refractivity contribution in [2.45, 2.75) is 38.8 Å². The molecule has 2 atom stereocenters. The molecule has 1 fully saturated rings. The number of benzene rings is 2. The zero-order chi connectivity index (χ0) is 20.8. The van der Waals surface area contributed by atoms with Crippen molar-refractivity contribution in [2.24, 2.45) is 0 Å². The Balaban J connectivity index is 1.48. The lowest BCUT2D eigenvalue weighted by molar-refractivity contribution is -0.942. The number of piperidine rings is 1. The number of halogens is 1. The largest absolute Gasteiger partial charge is 0.872 e. The highest BCUT2D eigenvalue weighted by molar-refractivity contribution is 9.10. The molecule has 2 aromatic carbocycles. The number of likely N-dealkylation sites (tertiary alicyclic amines) is 1. The predicted molar refractivity (Wildman–Crippen MR) is 116 cm³/mol. The topological polar surface area (TPSA) is 66.9 Å². The van der Waals surface area contributed by atoms with E-state index in [0.29, 0.717) is 35.2 Å². The number of rotatable bonds is 3. The van der Waals surface area contributed by atoms with E-state index < -0.39 is 0 Å². The smallest absolute Gasteiger partial charge is 0.232 e. The van der Waals surface area contributed by atoms with E-state index in [9.17, 15) is 9.90 Å². The molecule has 3 aromatic rings. The number of carbonyl (C=O) groups excluding carboxylic acids is 1. The van der Waals surface area contributed by atoms with Crippen molar-refractivity contribution in [2.75, 3.05) is 6.54 Å². The predicted octanol–water partition coefficient (Wildman–Crippen LogP) is 3.84. The van der Waals surface area contributed by atoms with Crippen LogP contribution in [0.3, 0.4) is 0 Å². The maximum Gasteiger partial charge on any atom is 0.232 e. The van der Waals surface area contributed by atoms with Gasteiger partial charge in [0.15, 0.2) is 5.76 Å². The van der Waals surface area contributed by atoms with Gasteiger partial charge in [0.1, 0.15) is 23.6 Å². The van der Waals surface area contributed by atoms with Crippen molar-refractivity contribution < 1.29 is 24.0 Å². The van der Waals surface area contributed by atoms with Crippen molar-refractivity contribution in [1.82, 2.24) is 0 Å². The zero-order valence-electron chi connectivity index (χ0n) is 16.7. The highest BCUT2D eigenvalue weighted by Crippen LogP contribution is 2.38. The Morgan fingerprint density at radius 1 is 1.23 bits per heavy atom. The SMILES string of the molecule is CC1CCCC[NH+]1Cc1c([O-])ccc2c1OC(=Cc1cc3cc(Br)ccc3o1)C2=O. The second-order valence-electron chi connectivity index (χ2n) is 8.17. The van der Waals surface area contributed by atoms with E-state index >= 15 is 0 Å². The summed E-state index contributed by atoms with van der Waals surface area (Å²) < 4.78 is 12.7. The Morgan fingerprint density at radius 3 is 2.93 bits per heavy atom. The standard InChI is InChI=1S/C24H22BrNO4/c1-14-4-2-3-9-26(14)13-19-20(27)7-6-18-23(28)22(30-24(18)19)12-17-11-15-10-16(25)5-8-21(15)29-17/h5-8,10-12,14,27H,2-4,9,13H2,1H3. The van der Waals surface area contributed by atoms with Crippen LogP contribution in [0, 0.1) is 0 Å². The summed E-state index contributed by atoms with van der Waals surface area (Å²) in [5.74, 6) is 0.870. The number of quaternary nitrogens is 1. The molecular weight excluding hydrogens is 446 g/mol. The van der Waals surface area contributed by atoms with Gasteiger partial charge in [-0.15, -0.1) is 0 Å². The molecule has 6 heteroatoms. The third-order valence-electron chi connectivity index (χ3n) is 6.15. The lowest BCUT2D eigenvalue weighted by Gasteiger charge is -2.31. The van der Waals surface area contributed by atoms with Crippen molar-refractivity contribution in [3.8, 4) is 11.5 Å². The summed E-state index contributed by atoms with van der Waals surface area (Å²) in [4.78, 5) is 14.3. The highest BCUT2D eigenvalue weighted by atomic mass is 79.9. The monoisotopic (exact) mass is 467 g/mol. The van der Waals surface area contributed by atoms with Crippen LogP contribution in [-0.4, -0.2) is 18.4 Å². The Morgan fingerprint density at radius 2 is 2.10 bits per heavy atom. The first-order chi connectivity index (χ1) is 14.5. The minimum atomic E-state index is -0.213. The Bertz CT molecular complexity index is 1180. The molecule has 0 radical (unpaired) electrons. The third-order valence-corrected chi connectivity index (χ3v) is 6.65. The summed E-state index contributed by atoms with van der Waals surface area (Å²) in [6.07, 6.45) is 5.17. The van der Waals surface area contributed by atoms with Gasteiger partial charge in [-0.25, -0.2) is 0 Å². The van der Waals surface area contributed by atoms with Gasteiger partial charge >= 0.3 is 0 Å². The van der Waals surface area contributed by atoms with Crippen LogP contribution in [0.1, 0.15) is 47.9 Å². The van der Waals surface area contributed by atoms with E-state index in [0.717, 1.165) is 34.8 Å². The van der Waals surface area contributed by atoms with Crippen molar-refractivity contribution in [1.29, 1.82) is 0 Å². The summed E-state index contributed by atoms with van der Waals surface area (Å²) in [6, 6.07) is 11.2. The normalized spacial score (nSPS) is 22.5. The molecule has 0 spiro atoms. The lowest BCUT2D eigenvalue weighted by atomic mass is 10.0. The van der Waals surface area contributed by atoms with Crippen molar-refractivity contribution in [3.63, 3.8) is 0 Å². The minimum absolute atomic E-state index is 0.0679. The van der Waals surface area contributed by atoms with Crippen LogP contribution in [0.5, 0.6) is 11.5 Å². The molecular formula is C24H22BrNO4. The van der Waals surface area contributed by atoms with Gasteiger partial charge in [0.05, 0.1) is 18.2 Å². The number of ketones is 1. The summed E-state index contributed by atoms with van der Waals surface area (Å²) in [5.41, 5.74) is 1.79. The molecule has 2 aliphatic heterocycles. The summed E-state index contributed by atoms with van der Waals surface area (Å²) >= 11 is 3.45. The molecule has 0 bridgehead atoms. The zero-order valence-corrected chi connectivity index (χ0v) is 18.3. The van der Waals surface area contributed by atoms with E-state index in [-0.39, 0.29) is 17.3 Å². The molecule has 30 heavy (non-hydrogen) atoms. The maximum atomic E-state index is 12.9. The van der Waals surface area contributed by atoms with Crippen LogP contribution >= 0.6 is 15.9 Å². The second-order valence-corrected chi connectivity index (χ2v) is 9.09. The highest BCUT2D eigenvalue weighted by Gasteiger charge is 2.32. The van der Waals surface area contributed by atoms with Crippen LogP contribution in [-0.2, 0) is 6.54 Å². The lowest BCUT2D eigenvalue weighted by Crippen LogP contribution is -3.14. The van der Waals surface area contributed by atoms with Crippen LogP contribution < -0.4 is 14.7 Å². The molecule has 2 aliphatic rings. The van der Waals surface area contributed by atoms with E-state index in [1.807, 2.05) is 24.3 Å². The fourth-order valence-corrected chi connectivity index (χ4v) is 4.81. The van der Waals surface area contributed by atoms with Crippen LogP contribution in [0.4, 0.5) is 0 Å². The molecule has 1 aromatic heterocycles. The molecule has 3 heterocycles. The Kier molecular flexibility index (Phi) is 4.91. The molecule has 154 valence electrons. The van der Waals surface area contributed by atoms with E-state index in [2.05, 4.69) is 22.9 Å². The van der Waals surface area contributed by atoms with E-state index in [1.165, 1.54) is 17.4 Å². The molecule has 5 rings (SSSR count). The van der Waals surface area contributed by atoms with Crippen LogP contribution in [0.15, 0.2) is 51.0 Å². The van der Waals surface area contributed by atoms with E-state index in [1.54, 1.807) is 12.1 Å². The number of ether oxygens (including phenoxy) is 1. The van der Waals surface area contributed by atoms with Gasteiger partial charge in [-0.3, -0.25) is 4.79 Å². The first-order valence-electron chi connectivity index (χ1n) is 10.3. The minimum Gasteiger partial charge on any atom is -0.872 e. The van der Waals surface area contributed by atoms with Gasteiger partial charge in [-0.2, -0.15) is 0 Å². The third kappa shape index (κ3) is 3.44. The maximum absolute atomic E-state index is 12.9. The Hall–Kier alpha value is -2.57. The van der Waals surface area contributed by atoms with Crippen molar-refractivity contribution in [3.05, 3.63) is 63.5 Å². The number of furan rings is 1. The Labute approximate surface area is 183 Å². The number of hydrogen-bond acceptors (Lipinski definition) is 4. The first kappa shape index (κ1) is 19.4. The molecule has 0 aliphatic carbocycles. The fraction of sp³-hybridized carbons (Fsp3) is 0.292. The quantitative estimate of drug-likeness (QED) is 0.594. The number of Topliss-reactive ketones (excluding diaryl/α,β-unsaturated/α-hetero) is 1. The number of nitrogens with one attached hydrogen (secondary N) is 1. The van der Waals surface area contributed by atoms with Gasteiger partial charge in [0.25, 0.3) is 0 Å². The number of carbonyl (C=O) groups is 1. The van der Waals surface area contributed by atoms with Gasteiger partial charge in [0, 0.05) is 21.5 Å². The van der Waals surface area contributed by atoms with Crippen LogP contribution in [0.2, 0.25) is 0 Å². The summed E-state index contributed by atoms with van der Waals surface area (Å²) in [6.45, 7) is 3.84. The van der Waals surface area contributed by atoms with Gasteiger partial charge in [-0.05, 0) is 56.5 Å². The van der Waals surface area contributed by atoms with Crippen LogP contribution in [0.25, 0.3) is 17.0 Å². The molecule has 0 amide bonds. The molecule has 1 saturated heterocycles. The van der Waals surface area contributed by atoms with Gasteiger partial charge < -0.3 is 19.2 Å². The fourth-order valence-electron chi connectivity index (χ4n) is 4.43. The number of fused-ring (bicyclic) bond motifs is 2. The molecule has 2 unspecified atom stereocenters. The first-order valence-corrected chi connectivity index (χ1v) is 11.1. The summed E-state index contributed by atoms with van der Waals surface area (Å²) in [5, 5.41) is 13.6. The molecule has 1 N–H and O–H groups in total. The molecule has 0 saturated carbocycles. The van der Waals surface area contributed by atoms with Gasteiger partial charge in [0.2, 0.25) is 5.78 Å². The number of hydrogen-bond donors (Lipinski definition) is 1. The average molecular weight is 468 g/mol. The number of allylic oxidation sites excluding steroid dienone is 1. The second kappa shape index (κ2) is 7.60. The summed E-state index contributed by atoms with van der Waals surface area (Å²) in [7, 11) is 0. The van der Waals surface area contributed by atoms with E-state index in [4.69, 9.17) is 9.15 Å². The molecule has 5 nitrogen and oxygen atoms in total. The van der Waals surface area contributed by atoms with Gasteiger partial charge in [-0.1, -0.05) is 27.7 Å².